The van der Waals surface area contributed by atoms with Crippen molar-refractivity contribution in [2.75, 3.05) is 33.4 Å². The van der Waals surface area contributed by atoms with E-state index in [1.807, 2.05) is 24.1 Å². The van der Waals surface area contributed by atoms with Gasteiger partial charge in [0.2, 0.25) is 5.91 Å². The summed E-state index contributed by atoms with van der Waals surface area (Å²) >= 11 is 0. The third kappa shape index (κ3) is 2.82. The molecule has 116 valence electrons. The minimum Gasteiger partial charge on any atom is -0.383 e. The predicted molar refractivity (Wildman–Crippen MR) is 79.0 cm³/mol. The van der Waals surface area contributed by atoms with Crippen molar-refractivity contribution in [3.63, 3.8) is 0 Å². The number of nitrogens with zero attached hydrogens (tertiary/aromatic N) is 3. The highest BCUT2D eigenvalue weighted by Gasteiger charge is 2.48. The van der Waals surface area contributed by atoms with Gasteiger partial charge in [-0.3, -0.25) is 9.48 Å². The molecule has 1 atom stereocenters. The topological polar surface area (TPSA) is 59.4 Å². The Morgan fingerprint density at radius 2 is 2.24 bits per heavy atom. The van der Waals surface area contributed by atoms with Crippen molar-refractivity contribution in [2.45, 2.75) is 30.7 Å². The number of rotatable bonds is 4. The fraction of sp³-hybridized carbons (Fsp3) is 0.733. The molecule has 21 heavy (non-hydrogen) atoms. The molecular weight excluding hydrogens is 268 g/mol. The van der Waals surface area contributed by atoms with Gasteiger partial charge < -0.3 is 15.0 Å². The van der Waals surface area contributed by atoms with Gasteiger partial charge >= 0.3 is 0 Å². The van der Waals surface area contributed by atoms with Gasteiger partial charge in [-0.25, -0.2) is 0 Å². The van der Waals surface area contributed by atoms with E-state index in [-0.39, 0.29) is 17.4 Å². The van der Waals surface area contributed by atoms with Crippen LogP contribution in [-0.2, 0) is 16.6 Å². The van der Waals surface area contributed by atoms with E-state index in [1.165, 1.54) is 5.56 Å². The number of hydrogen-bond acceptors (Lipinski definition) is 4. The average Bonchev–Trinajstić information content (AvgIpc) is 3.02. The maximum absolute atomic E-state index is 12.0. The maximum Gasteiger partial charge on any atom is 0.221 e. The number of nitrogens with one attached hydrogen (secondary N) is 1. The number of carbonyl (C=O) groups excluding carboxylic acids is 1. The fourth-order valence-corrected chi connectivity index (χ4v) is 3.72. The van der Waals surface area contributed by atoms with Gasteiger partial charge in [0, 0.05) is 57.9 Å². The Morgan fingerprint density at radius 1 is 1.48 bits per heavy atom. The molecule has 0 aromatic carbocycles. The van der Waals surface area contributed by atoms with Crippen molar-refractivity contribution in [3.05, 3.63) is 18.0 Å². The minimum absolute atomic E-state index is 0.0797. The van der Waals surface area contributed by atoms with Crippen LogP contribution in [0.2, 0.25) is 0 Å². The molecule has 1 N–H and O–H groups in total. The number of piperidine rings is 1. The van der Waals surface area contributed by atoms with Crippen LogP contribution in [0.15, 0.2) is 12.4 Å². The first kappa shape index (κ1) is 14.5. The summed E-state index contributed by atoms with van der Waals surface area (Å²) in [5, 5.41) is 7.54. The van der Waals surface area contributed by atoms with Crippen LogP contribution in [0.1, 0.15) is 30.7 Å². The standard InChI is InChI=1S/C15H24N4O2/c1-18-11-12(10-16-18)13-9-14(20)17-15(13)3-5-19(6-4-15)7-8-21-2/h10-11,13H,3-9H2,1-2H3,(H,17,20). The van der Waals surface area contributed by atoms with Crippen molar-refractivity contribution >= 4 is 5.91 Å². The Bertz CT molecular complexity index is 506. The number of hydrogen-bond donors (Lipinski definition) is 1. The first-order valence-electron chi connectivity index (χ1n) is 7.64. The molecule has 3 heterocycles. The summed E-state index contributed by atoms with van der Waals surface area (Å²) in [6.45, 7) is 3.77. The zero-order valence-corrected chi connectivity index (χ0v) is 12.8. The van der Waals surface area contributed by atoms with Gasteiger partial charge in [0.15, 0.2) is 0 Å². The normalized spacial score (nSPS) is 25.4. The molecule has 1 spiro atoms. The Morgan fingerprint density at radius 3 is 2.86 bits per heavy atom. The van der Waals surface area contributed by atoms with E-state index < -0.39 is 0 Å². The highest BCUT2D eigenvalue weighted by Crippen LogP contribution is 2.42. The number of aromatic nitrogens is 2. The van der Waals surface area contributed by atoms with Gasteiger partial charge in [-0.1, -0.05) is 0 Å². The minimum atomic E-state index is -0.0797. The average molecular weight is 292 g/mol. The SMILES string of the molecule is COCCN1CCC2(CC1)NC(=O)CC2c1cnn(C)c1. The lowest BCUT2D eigenvalue weighted by Crippen LogP contribution is -2.53. The van der Waals surface area contributed by atoms with E-state index in [2.05, 4.69) is 15.3 Å². The molecule has 0 saturated carbocycles. The van der Waals surface area contributed by atoms with Crippen molar-refractivity contribution in [3.8, 4) is 0 Å². The van der Waals surface area contributed by atoms with E-state index >= 15 is 0 Å². The van der Waals surface area contributed by atoms with Crippen molar-refractivity contribution in [1.29, 1.82) is 0 Å². The monoisotopic (exact) mass is 292 g/mol. The van der Waals surface area contributed by atoms with Crippen molar-refractivity contribution in [1.82, 2.24) is 20.0 Å². The quantitative estimate of drug-likeness (QED) is 0.878. The Kier molecular flexibility index (Phi) is 3.99. The number of ether oxygens (including phenoxy) is 1. The van der Waals surface area contributed by atoms with Gasteiger partial charge in [0.25, 0.3) is 0 Å². The number of amides is 1. The summed E-state index contributed by atoms with van der Waals surface area (Å²) in [6.07, 6.45) is 6.54. The number of likely N-dealkylation sites (tertiary alicyclic amines) is 1. The van der Waals surface area contributed by atoms with Gasteiger partial charge in [0.05, 0.1) is 12.8 Å². The summed E-state index contributed by atoms with van der Waals surface area (Å²) in [7, 11) is 3.66. The molecule has 6 nitrogen and oxygen atoms in total. The molecule has 1 aromatic heterocycles. The van der Waals surface area contributed by atoms with Gasteiger partial charge in [-0.05, 0) is 18.4 Å². The summed E-state index contributed by atoms with van der Waals surface area (Å²) in [6, 6.07) is 0. The molecule has 3 rings (SSSR count). The third-order valence-corrected chi connectivity index (χ3v) is 4.93. The number of carbonyl (C=O) groups is 1. The van der Waals surface area contributed by atoms with E-state index in [0.717, 1.165) is 39.1 Å². The van der Waals surface area contributed by atoms with E-state index in [0.29, 0.717) is 6.42 Å². The molecule has 0 bridgehead atoms. The summed E-state index contributed by atoms with van der Waals surface area (Å²) < 4.78 is 6.97. The predicted octanol–water partition coefficient (Wildman–Crippen LogP) is 0.505. The van der Waals surface area contributed by atoms with Crippen molar-refractivity contribution < 1.29 is 9.53 Å². The fourth-order valence-electron chi connectivity index (χ4n) is 3.72. The second-order valence-corrected chi connectivity index (χ2v) is 6.24. The molecule has 1 unspecified atom stereocenters. The van der Waals surface area contributed by atoms with E-state index in [1.54, 1.807) is 7.11 Å². The molecule has 6 heteroatoms. The Hall–Kier alpha value is -1.40. The molecule has 2 aliphatic rings. The van der Waals surface area contributed by atoms with Crippen LogP contribution >= 0.6 is 0 Å². The molecular formula is C15H24N4O2. The molecule has 2 saturated heterocycles. The lowest BCUT2D eigenvalue weighted by molar-refractivity contribution is -0.120. The van der Waals surface area contributed by atoms with Crippen LogP contribution in [0.25, 0.3) is 0 Å². The lowest BCUT2D eigenvalue weighted by Gasteiger charge is -2.42. The number of methoxy groups -OCH3 is 1. The molecule has 0 aliphatic carbocycles. The summed E-state index contributed by atoms with van der Waals surface area (Å²) in [5.41, 5.74) is 1.10. The maximum atomic E-state index is 12.0. The largest absolute Gasteiger partial charge is 0.383 e. The van der Waals surface area contributed by atoms with Crippen LogP contribution in [0.5, 0.6) is 0 Å². The molecule has 0 radical (unpaired) electrons. The highest BCUT2D eigenvalue weighted by atomic mass is 16.5. The smallest absolute Gasteiger partial charge is 0.221 e. The first-order valence-corrected chi connectivity index (χ1v) is 7.64. The van der Waals surface area contributed by atoms with E-state index in [9.17, 15) is 4.79 Å². The van der Waals surface area contributed by atoms with E-state index in [4.69, 9.17) is 4.74 Å². The second kappa shape index (κ2) is 5.77. The highest BCUT2D eigenvalue weighted by molar-refractivity contribution is 5.81. The van der Waals surface area contributed by atoms with Crippen LogP contribution in [0.4, 0.5) is 0 Å². The van der Waals surface area contributed by atoms with Crippen LogP contribution < -0.4 is 5.32 Å². The first-order chi connectivity index (χ1) is 10.1. The van der Waals surface area contributed by atoms with Gasteiger partial charge in [-0.15, -0.1) is 0 Å². The Labute approximate surface area is 125 Å². The third-order valence-electron chi connectivity index (χ3n) is 4.93. The second-order valence-electron chi connectivity index (χ2n) is 6.24. The Balaban J connectivity index is 1.72. The number of aryl methyl sites for hydroxylation is 1. The summed E-state index contributed by atoms with van der Waals surface area (Å²) in [5.74, 6) is 0.428. The molecule has 2 aliphatic heterocycles. The van der Waals surface area contributed by atoms with Gasteiger partial charge in [-0.2, -0.15) is 5.10 Å². The molecule has 1 aromatic rings. The van der Waals surface area contributed by atoms with Gasteiger partial charge in [0.1, 0.15) is 0 Å². The van der Waals surface area contributed by atoms with Crippen LogP contribution in [-0.4, -0.2) is 59.5 Å². The molecule has 2 fully saturated rings. The lowest BCUT2D eigenvalue weighted by atomic mass is 9.75. The zero-order valence-electron chi connectivity index (χ0n) is 12.8. The zero-order chi connectivity index (χ0) is 14.9. The molecule has 1 amide bonds. The van der Waals surface area contributed by atoms with Crippen LogP contribution in [0.3, 0.4) is 0 Å². The van der Waals surface area contributed by atoms with Crippen molar-refractivity contribution in [2.24, 2.45) is 7.05 Å². The van der Waals surface area contributed by atoms with Crippen LogP contribution in [0, 0.1) is 0 Å². The summed E-state index contributed by atoms with van der Waals surface area (Å²) in [4.78, 5) is 14.4.